The molecule has 2 aromatic heterocycles. The number of nitrogens with zero attached hydrogens (tertiary/aromatic N) is 2. The van der Waals surface area contributed by atoms with E-state index in [0.29, 0.717) is 6.61 Å². The first-order chi connectivity index (χ1) is 9.72. The highest BCUT2D eigenvalue weighted by Crippen LogP contribution is 2.25. The fraction of sp³-hybridized carbons (Fsp3) is 0.125. The number of benzene rings is 1. The number of fused-ring (bicyclic) bond motifs is 1. The van der Waals surface area contributed by atoms with Crippen molar-refractivity contribution in [2.45, 2.75) is 13.5 Å². The van der Waals surface area contributed by atoms with E-state index in [9.17, 15) is 0 Å². The maximum absolute atomic E-state index is 5.89. The molecule has 0 spiro atoms. The van der Waals surface area contributed by atoms with E-state index in [1.54, 1.807) is 12.4 Å². The van der Waals surface area contributed by atoms with Gasteiger partial charge in [-0.2, -0.15) is 0 Å². The smallest absolute Gasteiger partial charge is 0.146 e. The Labute approximate surface area is 125 Å². The van der Waals surface area contributed by atoms with Gasteiger partial charge in [0.1, 0.15) is 17.9 Å². The summed E-state index contributed by atoms with van der Waals surface area (Å²) in [7, 11) is 0. The fourth-order valence-electron chi connectivity index (χ4n) is 2.03. The summed E-state index contributed by atoms with van der Waals surface area (Å²) in [6, 6.07) is 12.0. The number of ether oxygens (including phenoxy) is 1. The lowest BCUT2D eigenvalue weighted by atomic mass is 10.2. The summed E-state index contributed by atoms with van der Waals surface area (Å²) in [6.07, 6.45) is 3.56. The molecule has 0 amide bonds. The molecule has 0 aliphatic carbocycles. The van der Waals surface area contributed by atoms with Gasteiger partial charge in [-0.3, -0.25) is 4.98 Å². The second-order valence-electron chi connectivity index (χ2n) is 4.58. The van der Waals surface area contributed by atoms with Crippen molar-refractivity contribution < 1.29 is 4.74 Å². The highest BCUT2D eigenvalue weighted by molar-refractivity contribution is 9.10. The number of halogens is 1. The van der Waals surface area contributed by atoms with E-state index < -0.39 is 0 Å². The Morgan fingerprint density at radius 1 is 1.15 bits per heavy atom. The molecule has 3 rings (SSSR count). The summed E-state index contributed by atoms with van der Waals surface area (Å²) >= 11 is 3.41. The van der Waals surface area contributed by atoms with E-state index >= 15 is 0 Å². The standard InChI is InChI=1S/C16H13BrN2O/c1-11-5-6-13-3-2-4-15(16(13)19-11)20-10-12-7-14(17)9-18-8-12/h2-9H,10H2,1H3. The van der Waals surface area contributed by atoms with E-state index in [0.717, 1.165) is 32.4 Å². The molecular weight excluding hydrogens is 316 g/mol. The molecule has 0 N–H and O–H groups in total. The fourth-order valence-corrected chi connectivity index (χ4v) is 2.44. The molecule has 0 radical (unpaired) electrons. The molecule has 100 valence electrons. The summed E-state index contributed by atoms with van der Waals surface area (Å²) in [6.45, 7) is 2.45. The van der Waals surface area contributed by atoms with Gasteiger partial charge >= 0.3 is 0 Å². The summed E-state index contributed by atoms with van der Waals surface area (Å²) in [4.78, 5) is 8.69. The molecule has 0 aliphatic rings. The van der Waals surface area contributed by atoms with Crippen molar-refractivity contribution in [3.8, 4) is 5.75 Å². The van der Waals surface area contributed by atoms with Gasteiger partial charge in [0.15, 0.2) is 0 Å². The molecule has 2 heterocycles. The van der Waals surface area contributed by atoms with Crippen LogP contribution in [0.5, 0.6) is 5.75 Å². The number of rotatable bonds is 3. The van der Waals surface area contributed by atoms with Gasteiger partial charge < -0.3 is 4.74 Å². The minimum absolute atomic E-state index is 0.473. The molecule has 0 aliphatic heterocycles. The van der Waals surface area contributed by atoms with Crippen molar-refractivity contribution in [3.63, 3.8) is 0 Å². The van der Waals surface area contributed by atoms with Crippen molar-refractivity contribution in [3.05, 3.63) is 64.5 Å². The molecule has 0 fully saturated rings. The van der Waals surface area contributed by atoms with Crippen molar-refractivity contribution in [2.24, 2.45) is 0 Å². The summed E-state index contributed by atoms with van der Waals surface area (Å²) in [5.74, 6) is 0.797. The quantitative estimate of drug-likeness (QED) is 0.719. The van der Waals surface area contributed by atoms with Gasteiger partial charge in [-0.05, 0) is 41.1 Å². The predicted molar refractivity (Wildman–Crippen MR) is 82.7 cm³/mol. The number of aromatic nitrogens is 2. The number of para-hydroxylation sites is 1. The van der Waals surface area contributed by atoms with Gasteiger partial charge in [-0.25, -0.2) is 4.98 Å². The van der Waals surface area contributed by atoms with Crippen molar-refractivity contribution in [1.29, 1.82) is 0 Å². The third-order valence-corrected chi connectivity index (χ3v) is 3.41. The van der Waals surface area contributed by atoms with E-state index in [1.165, 1.54) is 0 Å². The lowest BCUT2D eigenvalue weighted by Crippen LogP contribution is -1.97. The Morgan fingerprint density at radius 3 is 2.90 bits per heavy atom. The van der Waals surface area contributed by atoms with Crippen molar-refractivity contribution in [1.82, 2.24) is 9.97 Å². The Kier molecular flexibility index (Phi) is 3.65. The molecule has 0 unspecified atom stereocenters. The molecule has 0 bridgehead atoms. The Hall–Kier alpha value is -1.94. The van der Waals surface area contributed by atoms with Crippen LogP contribution in [0.1, 0.15) is 11.3 Å². The summed E-state index contributed by atoms with van der Waals surface area (Å²) < 4.78 is 6.84. The van der Waals surface area contributed by atoms with Crippen LogP contribution in [-0.2, 0) is 6.61 Å². The number of hydrogen-bond acceptors (Lipinski definition) is 3. The lowest BCUT2D eigenvalue weighted by Gasteiger charge is -2.09. The first kappa shape index (κ1) is 13.1. The lowest BCUT2D eigenvalue weighted by molar-refractivity contribution is 0.309. The van der Waals surface area contributed by atoms with Gasteiger partial charge in [-0.15, -0.1) is 0 Å². The molecule has 4 heteroatoms. The van der Waals surface area contributed by atoms with Crippen LogP contribution in [0, 0.1) is 6.92 Å². The zero-order valence-electron chi connectivity index (χ0n) is 11.0. The largest absolute Gasteiger partial charge is 0.487 e. The molecule has 1 aromatic carbocycles. The van der Waals surface area contributed by atoms with Crippen LogP contribution < -0.4 is 4.74 Å². The van der Waals surface area contributed by atoms with E-state index in [-0.39, 0.29) is 0 Å². The molecule has 20 heavy (non-hydrogen) atoms. The normalized spacial score (nSPS) is 10.7. The second-order valence-corrected chi connectivity index (χ2v) is 5.50. The SMILES string of the molecule is Cc1ccc2cccc(OCc3cncc(Br)c3)c2n1. The van der Waals surface area contributed by atoms with Crippen LogP contribution in [0.3, 0.4) is 0 Å². The second kappa shape index (κ2) is 5.59. The third kappa shape index (κ3) is 2.80. The minimum atomic E-state index is 0.473. The Balaban J connectivity index is 1.89. The average Bonchev–Trinajstić information content (AvgIpc) is 2.45. The maximum Gasteiger partial charge on any atom is 0.146 e. The van der Waals surface area contributed by atoms with Gasteiger partial charge in [0.25, 0.3) is 0 Å². The summed E-state index contributed by atoms with van der Waals surface area (Å²) in [5.41, 5.74) is 2.90. The van der Waals surface area contributed by atoms with Gasteiger partial charge in [-0.1, -0.05) is 18.2 Å². The maximum atomic E-state index is 5.89. The highest BCUT2D eigenvalue weighted by Gasteiger charge is 2.04. The van der Waals surface area contributed by atoms with Crippen LogP contribution in [0.15, 0.2) is 53.3 Å². The molecule has 0 saturated heterocycles. The minimum Gasteiger partial charge on any atom is -0.487 e. The van der Waals surface area contributed by atoms with E-state index in [1.807, 2.05) is 37.3 Å². The topological polar surface area (TPSA) is 35.0 Å². The first-order valence-electron chi connectivity index (χ1n) is 6.31. The van der Waals surface area contributed by atoms with Crippen LogP contribution in [0.2, 0.25) is 0 Å². The Morgan fingerprint density at radius 2 is 2.05 bits per heavy atom. The first-order valence-corrected chi connectivity index (χ1v) is 7.10. The monoisotopic (exact) mass is 328 g/mol. The molecule has 0 atom stereocenters. The number of hydrogen-bond donors (Lipinski definition) is 0. The number of pyridine rings is 2. The van der Waals surface area contributed by atoms with Crippen molar-refractivity contribution in [2.75, 3.05) is 0 Å². The van der Waals surface area contributed by atoms with E-state index in [4.69, 9.17) is 4.74 Å². The molecule has 3 nitrogen and oxygen atoms in total. The van der Waals surface area contributed by atoms with Crippen molar-refractivity contribution >= 4 is 26.8 Å². The van der Waals surface area contributed by atoms with Crippen LogP contribution >= 0.6 is 15.9 Å². The Bertz CT molecular complexity index is 758. The average molecular weight is 329 g/mol. The predicted octanol–water partition coefficient (Wildman–Crippen LogP) is 4.28. The highest BCUT2D eigenvalue weighted by atomic mass is 79.9. The van der Waals surface area contributed by atoms with Crippen LogP contribution in [-0.4, -0.2) is 9.97 Å². The van der Waals surface area contributed by atoms with Crippen LogP contribution in [0.25, 0.3) is 10.9 Å². The summed E-state index contributed by atoms with van der Waals surface area (Å²) in [5, 5.41) is 1.08. The van der Waals surface area contributed by atoms with Gasteiger partial charge in [0, 0.05) is 33.5 Å². The molecule has 3 aromatic rings. The van der Waals surface area contributed by atoms with Gasteiger partial charge in [0.05, 0.1) is 0 Å². The zero-order valence-corrected chi connectivity index (χ0v) is 12.6. The van der Waals surface area contributed by atoms with E-state index in [2.05, 4.69) is 32.0 Å². The third-order valence-electron chi connectivity index (χ3n) is 2.98. The molecule has 0 saturated carbocycles. The van der Waals surface area contributed by atoms with Crippen LogP contribution in [0.4, 0.5) is 0 Å². The zero-order chi connectivity index (χ0) is 13.9. The number of aryl methyl sites for hydroxylation is 1. The van der Waals surface area contributed by atoms with Gasteiger partial charge in [0.2, 0.25) is 0 Å². The molecular formula is C16H13BrN2O.